The van der Waals surface area contributed by atoms with Crippen LogP contribution in [0.5, 0.6) is 0 Å². The van der Waals surface area contributed by atoms with E-state index in [-0.39, 0.29) is 17.6 Å². The van der Waals surface area contributed by atoms with E-state index in [0.717, 1.165) is 18.7 Å². The predicted octanol–water partition coefficient (Wildman–Crippen LogP) is 1.95. The van der Waals surface area contributed by atoms with Gasteiger partial charge in [0.05, 0.1) is 23.0 Å². The number of rotatable bonds is 3. The number of carbonyl (C=O) groups is 1. The first-order valence-electron chi connectivity index (χ1n) is 6.84. The molecule has 20 heavy (non-hydrogen) atoms. The molecule has 1 amide bonds. The fourth-order valence-electron chi connectivity index (χ4n) is 2.37. The van der Waals surface area contributed by atoms with Crippen LogP contribution >= 0.6 is 0 Å². The molecule has 1 aliphatic heterocycles. The lowest BCUT2D eigenvalue weighted by Gasteiger charge is -2.30. The van der Waals surface area contributed by atoms with Gasteiger partial charge in [0.1, 0.15) is 0 Å². The Morgan fingerprint density at radius 1 is 1.50 bits per heavy atom. The molecule has 1 saturated heterocycles. The zero-order valence-electron chi connectivity index (χ0n) is 12.6. The van der Waals surface area contributed by atoms with Crippen molar-refractivity contribution < 1.29 is 9.53 Å². The van der Waals surface area contributed by atoms with Crippen molar-refractivity contribution in [2.45, 2.75) is 31.9 Å². The minimum Gasteiger partial charge on any atom is -0.397 e. The monoisotopic (exact) mass is 277 g/mol. The number of amides is 1. The van der Waals surface area contributed by atoms with E-state index in [9.17, 15) is 4.79 Å². The molecule has 1 heterocycles. The molecule has 2 unspecified atom stereocenters. The summed E-state index contributed by atoms with van der Waals surface area (Å²) >= 11 is 0. The van der Waals surface area contributed by atoms with Gasteiger partial charge >= 0.3 is 0 Å². The summed E-state index contributed by atoms with van der Waals surface area (Å²) in [7, 11) is 3.45. The maximum Gasteiger partial charge on any atom is 0.253 e. The van der Waals surface area contributed by atoms with Crippen molar-refractivity contribution >= 4 is 17.3 Å². The summed E-state index contributed by atoms with van der Waals surface area (Å²) in [6, 6.07) is 5.38. The third-order valence-electron chi connectivity index (χ3n) is 4.01. The van der Waals surface area contributed by atoms with Gasteiger partial charge in [-0.2, -0.15) is 0 Å². The predicted molar refractivity (Wildman–Crippen MR) is 80.9 cm³/mol. The normalized spacial score (nSPS) is 25.5. The Bertz CT molecular complexity index is 516. The zero-order valence-corrected chi connectivity index (χ0v) is 12.6. The molecule has 110 valence electrons. The molecule has 1 aromatic rings. The van der Waals surface area contributed by atoms with Crippen molar-refractivity contribution in [3.8, 4) is 0 Å². The average molecular weight is 277 g/mol. The highest BCUT2D eigenvalue weighted by atomic mass is 16.5. The number of hydrogen-bond donors (Lipinski definition) is 2. The fourth-order valence-corrected chi connectivity index (χ4v) is 2.37. The number of nitrogens with zero attached hydrogens (tertiary/aromatic N) is 1. The number of benzene rings is 1. The summed E-state index contributed by atoms with van der Waals surface area (Å²) in [4.78, 5) is 13.4. The highest BCUT2D eigenvalue weighted by Gasteiger charge is 2.37. The molecule has 2 rings (SSSR count). The van der Waals surface area contributed by atoms with Crippen molar-refractivity contribution in [1.29, 1.82) is 0 Å². The van der Waals surface area contributed by atoms with Gasteiger partial charge in [0.2, 0.25) is 0 Å². The van der Waals surface area contributed by atoms with Crippen LogP contribution in [0.1, 0.15) is 30.6 Å². The SMILES string of the molecule is CC1OCCC1(C)Nc1ccc(C(=O)N(C)C)cc1N. The summed E-state index contributed by atoms with van der Waals surface area (Å²) in [6.45, 7) is 4.94. The van der Waals surface area contributed by atoms with Gasteiger partial charge < -0.3 is 20.7 Å². The van der Waals surface area contributed by atoms with Crippen LogP contribution in [0.2, 0.25) is 0 Å². The van der Waals surface area contributed by atoms with Gasteiger partial charge in [0.15, 0.2) is 0 Å². The second-order valence-electron chi connectivity index (χ2n) is 5.81. The van der Waals surface area contributed by atoms with Gasteiger partial charge in [-0.05, 0) is 38.5 Å². The Hall–Kier alpha value is -1.75. The van der Waals surface area contributed by atoms with Crippen molar-refractivity contribution in [2.75, 3.05) is 31.8 Å². The van der Waals surface area contributed by atoms with Crippen LogP contribution < -0.4 is 11.1 Å². The Kier molecular flexibility index (Phi) is 3.90. The van der Waals surface area contributed by atoms with Crippen molar-refractivity contribution in [2.24, 2.45) is 0 Å². The van der Waals surface area contributed by atoms with Gasteiger partial charge in [0, 0.05) is 26.3 Å². The second kappa shape index (κ2) is 5.32. The smallest absolute Gasteiger partial charge is 0.253 e. The molecule has 0 bridgehead atoms. The van der Waals surface area contributed by atoms with Crippen LogP contribution in [0.3, 0.4) is 0 Å². The molecular weight excluding hydrogens is 254 g/mol. The van der Waals surface area contributed by atoms with Gasteiger partial charge in [-0.1, -0.05) is 0 Å². The van der Waals surface area contributed by atoms with Gasteiger partial charge in [0.25, 0.3) is 5.91 Å². The standard InChI is InChI=1S/C15H23N3O2/c1-10-15(2,7-8-20-10)17-13-6-5-11(9-12(13)16)14(19)18(3)4/h5-6,9-10,17H,7-8,16H2,1-4H3. The third-order valence-corrected chi connectivity index (χ3v) is 4.01. The maximum atomic E-state index is 11.9. The number of carbonyl (C=O) groups excluding carboxylic acids is 1. The van der Waals surface area contributed by atoms with E-state index in [1.807, 2.05) is 6.07 Å². The quantitative estimate of drug-likeness (QED) is 0.829. The number of nitrogens with one attached hydrogen (secondary N) is 1. The lowest BCUT2D eigenvalue weighted by Crippen LogP contribution is -2.41. The molecule has 1 aliphatic rings. The highest BCUT2D eigenvalue weighted by molar-refractivity contribution is 5.95. The van der Waals surface area contributed by atoms with Crippen LogP contribution in [-0.2, 0) is 4.74 Å². The first kappa shape index (κ1) is 14.7. The highest BCUT2D eigenvalue weighted by Crippen LogP contribution is 2.32. The van der Waals surface area contributed by atoms with E-state index in [4.69, 9.17) is 10.5 Å². The summed E-state index contributed by atoms with van der Waals surface area (Å²) in [5.41, 5.74) is 7.97. The van der Waals surface area contributed by atoms with Crippen molar-refractivity contribution in [3.05, 3.63) is 23.8 Å². The molecule has 3 N–H and O–H groups in total. The molecular formula is C15H23N3O2. The largest absolute Gasteiger partial charge is 0.397 e. The second-order valence-corrected chi connectivity index (χ2v) is 5.81. The van der Waals surface area contributed by atoms with E-state index in [1.165, 1.54) is 4.90 Å². The summed E-state index contributed by atoms with van der Waals surface area (Å²) in [5, 5.41) is 3.46. The average Bonchev–Trinajstić information content (AvgIpc) is 2.71. The van der Waals surface area contributed by atoms with Crippen LogP contribution in [-0.4, -0.2) is 43.2 Å². The number of anilines is 2. The molecule has 0 aliphatic carbocycles. The molecule has 0 radical (unpaired) electrons. The van der Waals surface area contributed by atoms with Gasteiger partial charge in [-0.15, -0.1) is 0 Å². The minimum atomic E-state index is -0.124. The van der Waals surface area contributed by atoms with E-state index < -0.39 is 0 Å². The topological polar surface area (TPSA) is 67.6 Å². The van der Waals surface area contributed by atoms with Crippen molar-refractivity contribution in [3.63, 3.8) is 0 Å². The molecule has 0 spiro atoms. The lowest BCUT2D eigenvalue weighted by molar-refractivity contribution is 0.0827. The minimum absolute atomic E-state index is 0.0490. The van der Waals surface area contributed by atoms with E-state index in [0.29, 0.717) is 11.3 Å². The summed E-state index contributed by atoms with van der Waals surface area (Å²) in [5.74, 6) is -0.0490. The first-order chi connectivity index (χ1) is 9.33. The molecule has 1 aromatic carbocycles. The first-order valence-corrected chi connectivity index (χ1v) is 6.84. The van der Waals surface area contributed by atoms with Crippen LogP contribution in [0.4, 0.5) is 11.4 Å². The number of nitrogen functional groups attached to an aromatic ring is 1. The number of nitrogens with two attached hydrogens (primary N) is 1. The molecule has 5 nitrogen and oxygen atoms in total. The van der Waals surface area contributed by atoms with Gasteiger partial charge in [-0.3, -0.25) is 4.79 Å². The summed E-state index contributed by atoms with van der Waals surface area (Å²) in [6.07, 6.45) is 1.07. The molecule has 2 atom stereocenters. The number of hydrogen-bond acceptors (Lipinski definition) is 4. The maximum absolute atomic E-state index is 11.9. The Labute approximate surface area is 120 Å². The molecule has 5 heteroatoms. The molecule has 0 aromatic heterocycles. The Morgan fingerprint density at radius 3 is 2.70 bits per heavy atom. The Morgan fingerprint density at radius 2 is 2.20 bits per heavy atom. The lowest BCUT2D eigenvalue weighted by atomic mass is 9.94. The Balaban J connectivity index is 2.20. The van der Waals surface area contributed by atoms with E-state index in [1.54, 1.807) is 26.2 Å². The third kappa shape index (κ3) is 2.72. The zero-order chi connectivity index (χ0) is 14.9. The number of ether oxygens (including phenoxy) is 1. The van der Waals surface area contributed by atoms with Crippen LogP contribution in [0.15, 0.2) is 18.2 Å². The van der Waals surface area contributed by atoms with Gasteiger partial charge in [-0.25, -0.2) is 0 Å². The molecule has 1 fully saturated rings. The van der Waals surface area contributed by atoms with Crippen LogP contribution in [0, 0.1) is 0 Å². The molecule has 0 saturated carbocycles. The van der Waals surface area contributed by atoms with E-state index in [2.05, 4.69) is 19.2 Å². The van der Waals surface area contributed by atoms with Crippen LogP contribution in [0.25, 0.3) is 0 Å². The van der Waals surface area contributed by atoms with Crippen molar-refractivity contribution in [1.82, 2.24) is 4.90 Å². The fraction of sp³-hybridized carbons (Fsp3) is 0.533. The van der Waals surface area contributed by atoms with E-state index >= 15 is 0 Å². The summed E-state index contributed by atoms with van der Waals surface area (Å²) < 4.78 is 5.61.